The second-order valence-corrected chi connectivity index (χ2v) is 7.61. The van der Waals surface area contributed by atoms with Crippen LogP contribution in [0.3, 0.4) is 0 Å². The van der Waals surface area contributed by atoms with Gasteiger partial charge in [0.25, 0.3) is 0 Å². The van der Waals surface area contributed by atoms with Gasteiger partial charge in [0.05, 0.1) is 26.4 Å². The van der Waals surface area contributed by atoms with E-state index in [-0.39, 0.29) is 31.7 Å². The smallest absolute Gasteiger partial charge is 0.315 e. The second-order valence-electron chi connectivity index (χ2n) is 4.80. The van der Waals surface area contributed by atoms with Gasteiger partial charge in [0, 0.05) is 0 Å². The lowest BCUT2D eigenvalue weighted by Crippen LogP contribution is -2.15. The molecule has 0 saturated carbocycles. The van der Waals surface area contributed by atoms with Gasteiger partial charge in [0.1, 0.15) is 4.60 Å². The molecule has 0 amide bonds. The molecule has 1 heterocycles. The first kappa shape index (κ1) is 20.4. The highest BCUT2D eigenvalue weighted by Crippen LogP contribution is 2.49. The van der Waals surface area contributed by atoms with Crippen LogP contribution in [-0.4, -0.2) is 15.2 Å². The van der Waals surface area contributed by atoms with E-state index in [2.05, 4.69) is 15.9 Å². The van der Waals surface area contributed by atoms with Gasteiger partial charge >= 0.3 is 11.9 Å². The zero-order valence-electron chi connectivity index (χ0n) is 12.5. The lowest BCUT2D eigenvalue weighted by atomic mass is 10.1. The molecule has 136 valence electrons. The number of aromatic nitrogens is 1. The van der Waals surface area contributed by atoms with Crippen molar-refractivity contribution in [1.29, 1.82) is 0 Å². The Kier molecular flexibility index (Phi) is 6.35. The average Bonchev–Trinajstić information content (AvgIpc) is 2.81. The van der Waals surface area contributed by atoms with Gasteiger partial charge in [-0.25, -0.2) is 0 Å². The van der Waals surface area contributed by atoms with E-state index in [1.165, 1.54) is 30.0 Å². The molecule has 11 heteroatoms. The van der Waals surface area contributed by atoms with Gasteiger partial charge in [-0.15, -0.1) is 11.8 Å². The van der Waals surface area contributed by atoms with Gasteiger partial charge in [-0.3, -0.25) is 10.1 Å². The van der Waals surface area contributed by atoms with Crippen molar-refractivity contribution in [3.05, 3.63) is 48.7 Å². The summed E-state index contributed by atoms with van der Waals surface area (Å²) in [6.07, 6.45) is -4.90. The largest absolute Gasteiger partial charge is 0.438 e. The van der Waals surface area contributed by atoms with Crippen molar-refractivity contribution in [3.63, 3.8) is 0 Å². The third-order valence-electron chi connectivity index (χ3n) is 3.26. The van der Waals surface area contributed by atoms with Crippen molar-refractivity contribution < 1.29 is 18.1 Å². The standard InChI is InChI=1S/C14H10BrCl2F3N2O2S/c1-2-25-6-21-12(14(18,19)20)11(22(23)24)10(13(21)15)7-3-4-8(16)9(17)5-7/h3-5H,2,6H2,1H3. The SMILES string of the molecule is CCSCn1c(Br)c(-c2ccc(Cl)c(Cl)c2)c([N+](=O)[O-])c1C(F)(F)F. The molecule has 0 aliphatic carbocycles. The minimum atomic E-state index is -4.90. The van der Waals surface area contributed by atoms with Crippen LogP contribution in [0, 0.1) is 10.1 Å². The summed E-state index contributed by atoms with van der Waals surface area (Å²) in [7, 11) is 0. The zero-order chi connectivity index (χ0) is 18.9. The first-order valence-electron chi connectivity index (χ1n) is 6.76. The molecule has 0 radical (unpaired) electrons. The van der Waals surface area contributed by atoms with Gasteiger partial charge in [-0.2, -0.15) is 13.2 Å². The highest BCUT2D eigenvalue weighted by Gasteiger charge is 2.46. The molecule has 0 aliphatic rings. The van der Waals surface area contributed by atoms with Gasteiger partial charge in [0.2, 0.25) is 5.69 Å². The number of hydrogen-bond acceptors (Lipinski definition) is 3. The summed E-state index contributed by atoms with van der Waals surface area (Å²) in [5.74, 6) is 0.464. The fourth-order valence-corrected chi connectivity index (χ4v) is 4.06. The third kappa shape index (κ3) is 4.10. The summed E-state index contributed by atoms with van der Waals surface area (Å²) in [4.78, 5) is 10.4. The molecule has 0 fully saturated rings. The van der Waals surface area contributed by atoms with Gasteiger partial charge < -0.3 is 4.57 Å². The molecular weight excluding hydrogens is 468 g/mol. The number of alkyl halides is 3. The van der Waals surface area contributed by atoms with E-state index >= 15 is 0 Å². The molecule has 0 saturated heterocycles. The minimum Gasteiger partial charge on any atom is -0.315 e. The van der Waals surface area contributed by atoms with Crippen LogP contribution in [0.25, 0.3) is 11.1 Å². The molecule has 25 heavy (non-hydrogen) atoms. The fourth-order valence-electron chi connectivity index (χ4n) is 2.25. The van der Waals surface area contributed by atoms with Crippen LogP contribution in [0.4, 0.5) is 18.9 Å². The van der Waals surface area contributed by atoms with E-state index in [0.29, 0.717) is 5.75 Å². The molecule has 4 nitrogen and oxygen atoms in total. The predicted octanol–water partition coefficient (Wildman–Crippen LogP) is 6.86. The molecule has 1 aromatic heterocycles. The number of nitro groups is 1. The Morgan fingerprint density at radius 1 is 1.32 bits per heavy atom. The lowest BCUT2D eigenvalue weighted by Gasteiger charge is -2.11. The number of nitrogens with zero attached hydrogens (tertiary/aromatic N) is 2. The van der Waals surface area contributed by atoms with Crippen molar-refractivity contribution in [1.82, 2.24) is 4.57 Å². The Balaban J connectivity index is 2.84. The topological polar surface area (TPSA) is 48.1 Å². The molecule has 0 N–H and O–H groups in total. The molecule has 0 aliphatic heterocycles. The van der Waals surface area contributed by atoms with E-state index in [1.807, 2.05) is 0 Å². The average molecular weight is 478 g/mol. The van der Waals surface area contributed by atoms with Crippen molar-refractivity contribution in [2.45, 2.75) is 19.0 Å². The van der Waals surface area contributed by atoms with Crippen LogP contribution in [0.1, 0.15) is 12.6 Å². The molecule has 1 aromatic carbocycles. The fraction of sp³-hybridized carbons (Fsp3) is 0.286. The van der Waals surface area contributed by atoms with E-state index in [9.17, 15) is 23.3 Å². The number of hydrogen-bond donors (Lipinski definition) is 0. The Morgan fingerprint density at radius 3 is 2.44 bits per heavy atom. The maximum atomic E-state index is 13.5. The Hall–Kier alpha value is -0.900. The van der Waals surface area contributed by atoms with E-state index in [0.717, 1.165) is 4.57 Å². The number of benzene rings is 1. The van der Waals surface area contributed by atoms with Crippen LogP contribution in [0.5, 0.6) is 0 Å². The first-order chi connectivity index (χ1) is 11.6. The Bertz CT molecular complexity index is 827. The van der Waals surface area contributed by atoms with Crippen molar-refractivity contribution in [2.24, 2.45) is 0 Å². The maximum Gasteiger partial charge on any atom is 0.438 e. The number of thioether (sulfide) groups is 1. The Labute approximate surface area is 163 Å². The summed E-state index contributed by atoms with van der Waals surface area (Å²) in [6, 6.07) is 4.06. The number of halogens is 6. The van der Waals surface area contributed by atoms with Crippen LogP contribution < -0.4 is 0 Å². The molecule has 2 aromatic rings. The molecule has 0 atom stereocenters. The number of rotatable bonds is 5. The van der Waals surface area contributed by atoms with E-state index in [4.69, 9.17) is 23.2 Å². The van der Waals surface area contributed by atoms with Crippen LogP contribution in [-0.2, 0) is 12.1 Å². The van der Waals surface area contributed by atoms with Crippen LogP contribution >= 0.6 is 50.9 Å². The molecule has 0 spiro atoms. The minimum absolute atomic E-state index is 0.0362. The summed E-state index contributed by atoms with van der Waals surface area (Å²) in [6.45, 7) is 1.78. The highest BCUT2D eigenvalue weighted by molar-refractivity contribution is 9.10. The Morgan fingerprint density at radius 2 is 1.96 bits per heavy atom. The van der Waals surface area contributed by atoms with Gasteiger partial charge in [-0.05, 0) is 39.4 Å². The van der Waals surface area contributed by atoms with Crippen molar-refractivity contribution >= 4 is 56.6 Å². The molecule has 0 unspecified atom stereocenters. The zero-order valence-corrected chi connectivity index (χ0v) is 16.4. The van der Waals surface area contributed by atoms with Gasteiger partial charge in [0.15, 0.2) is 0 Å². The molecular formula is C14H10BrCl2F3N2O2S. The first-order valence-corrected chi connectivity index (χ1v) is 9.46. The maximum absolute atomic E-state index is 13.5. The van der Waals surface area contributed by atoms with Crippen molar-refractivity contribution in [2.75, 3.05) is 5.75 Å². The summed E-state index contributed by atoms with van der Waals surface area (Å²) in [5, 5.41) is 11.7. The highest BCUT2D eigenvalue weighted by atomic mass is 79.9. The summed E-state index contributed by atoms with van der Waals surface area (Å²) >= 11 is 16.0. The summed E-state index contributed by atoms with van der Waals surface area (Å²) < 4.78 is 41.5. The van der Waals surface area contributed by atoms with E-state index < -0.39 is 22.5 Å². The molecule has 2 rings (SSSR count). The van der Waals surface area contributed by atoms with E-state index in [1.54, 1.807) is 6.92 Å². The summed E-state index contributed by atoms with van der Waals surface area (Å²) in [5.41, 5.74) is -2.35. The second kappa shape index (κ2) is 7.77. The van der Waals surface area contributed by atoms with Crippen molar-refractivity contribution in [3.8, 4) is 11.1 Å². The molecule has 0 bridgehead atoms. The van der Waals surface area contributed by atoms with Crippen LogP contribution in [0.15, 0.2) is 22.8 Å². The quantitative estimate of drug-likeness (QED) is 0.349. The monoisotopic (exact) mass is 476 g/mol. The lowest BCUT2D eigenvalue weighted by molar-refractivity contribution is -0.387. The van der Waals surface area contributed by atoms with Gasteiger partial charge in [-0.1, -0.05) is 36.2 Å². The van der Waals surface area contributed by atoms with Crippen LogP contribution in [0.2, 0.25) is 10.0 Å². The normalized spacial score (nSPS) is 11.8. The predicted molar refractivity (Wildman–Crippen MR) is 97.4 cm³/mol. The third-order valence-corrected chi connectivity index (χ3v) is 5.67.